The molecule has 0 N–H and O–H groups in total. The number of hydrogen-bond acceptors (Lipinski definition) is 3. The van der Waals surface area contributed by atoms with E-state index in [0.29, 0.717) is 16.8 Å². The van der Waals surface area contributed by atoms with Crippen molar-refractivity contribution in [3.05, 3.63) is 69.3 Å². The van der Waals surface area contributed by atoms with Gasteiger partial charge in [0, 0.05) is 24.7 Å². The summed E-state index contributed by atoms with van der Waals surface area (Å²) in [6.45, 7) is 0. The number of carbonyl (C=O) groups is 1. The lowest BCUT2D eigenvalue weighted by Crippen LogP contribution is -2.20. The topological polar surface area (TPSA) is 63.5 Å². The summed E-state index contributed by atoms with van der Waals surface area (Å²) >= 11 is 0. The van der Waals surface area contributed by atoms with Crippen LogP contribution in [-0.4, -0.2) is 17.9 Å². The number of fused-ring (bicyclic) bond motifs is 1. The molecular weight excluding hydrogens is 337 g/mol. The molecule has 5 nitrogen and oxygen atoms in total. The van der Waals surface area contributed by atoms with E-state index in [-0.39, 0.29) is 17.2 Å². The van der Waals surface area contributed by atoms with Gasteiger partial charge in [0.2, 0.25) is 0 Å². The molecule has 1 amide bonds. The van der Waals surface area contributed by atoms with Gasteiger partial charge in [0.25, 0.3) is 11.6 Å². The Morgan fingerprint density at radius 1 is 1.12 bits per heavy atom. The highest BCUT2D eigenvalue weighted by molar-refractivity contribution is 6.35. The van der Waals surface area contributed by atoms with E-state index in [2.05, 4.69) is 0 Å². The summed E-state index contributed by atoms with van der Waals surface area (Å²) < 4.78 is 37.8. The first-order valence-corrected chi connectivity index (χ1v) is 7.14. The van der Waals surface area contributed by atoms with Crippen molar-refractivity contribution in [2.75, 3.05) is 11.9 Å². The third kappa shape index (κ3) is 2.98. The average molecular weight is 348 g/mol. The summed E-state index contributed by atoms with van der Waals surface area (Å²) in [5.41, 5.74) is 0.515. The second-order valence-electron chi connectivity index (χ2n) is 5.50. The van der Waals surface area contributed by atoms with Crippen molar-refractivity contribution in [2.45, 2.75) is 6.18 Å². The van der Waals surface area contributed by atoms with Crippen molar-refractivity contribution in [1.82, 2.24) is 0 Å². The third-order valence-electron chi connectivity index (χ3n) is 3.93. The summed E-state index contributed by atoms with van der Waals surface area (Å²) in [6.07, 6.45) is -3.02. The number of alkyl halides is 3. The fourth-order valence-electron chi connectivity index (χ4n) is 2.63. The minimum atomic E-state index is -4.44. The standard InChI is InChI=1S/C17H11F3N2O3/c1-21-15-7-6-12(22(24)25)9-13(15)14(16(21)23)8-10-2-4-11(5-3-10)17(18,19)20/h2-9H,1H3. The van der Waals surface area contributed by atoms with Crippen LogP contribution in [0.2, 0.25) is 0 Å². The Kier molecular flexibility index (Phi) is 3.82. The molecule has 1 aliphatic heterocycles. The highest BCUT2D eigenvalue weighted by Crippen LogP contribution is 2.39. The molecule has 1 aliphatic rings. The zero-order valence-corrected chi connectivity index (χ0v) is 12.9. The minimum absolute atomic E-state index is 0.167. The average Bonchev–Trinajstić information content (AvgIpc) is 2.79. The summed E-state index contributed by atoms with van der Waals surface area (Å²) in [7, 11) is 1.53. The fraction of sp³-hybridized carbons (Fsp3) is 0.118. The van der Waals surface area contributed by atoms with E-state index in [9.17, 15) is 28.1 Å². The van der Waals surface area contributed by atoms with Gasteiger partial charge in [0.05, 0.1) is 21.7 Å². The third-order valence-corrected chi connectivity index (χ3v) is 3.93. The Morgan fingerprint density at radius 2 is 1.76 bits per heavy atom. The van der Waals surface area contributed by atoms with Gasteiger partial charge in [-0.15, -0.1) is 0 Å². The molecule has 25 heavy (non-hydrogen) atoms. The molecule has 2 aromatic rings. The zero-order chi connectivity index (χ0) is 18.4. The van der Waals surface area contributed by atoms with Crippen LogP contribution in [-0.2, 0) is 11.0 Å². The van der Waals surface area contributed by atoms with Gasteiger partial charge in [-0.3, -0.25) is 14.9 Å². The van der Waals surface area contributed by atoms with Crippen molar-refractivity contribution < 1.29 is 22.9 Å². The quantitative estimate of drug-likeness (QED) is 0.466. The second kappa shape index (κ2) is 5.73. The van der Waals surface area contributed by atoms with Gasteiger partial charge >= 0.3 is 6.18 Å². The lowest BCUT2D eigenvalue weighted by atomic mass is 10.0. The number of nitro groups is 1. The molecule has 2 aromatic carbocycles. The lowest BCUT2D eigenvalue weighted by Gasteiger charge is -2.08. The molecule has 0 saturated carbocycles. The number of amides is 1. The number of benzene rings is 2. The monoisotopic (exact) mass is 348 g/mol. The van der Waals surface area contributed by atoms with Crippen LogP contribution in [0.15, 0.2) is 42.5 Å². The van der Waals surface area contributed by atoms with E-state index in [1.54, 1.807) is 0 Å². The maximum Gasteiger partial charge on any atom is 0.416 e. The second-order valence-corrected chi connectivity index (χ2v) is 5.50. The van der Waals surface area contributed by atoms with Crippen molar-refractivity contribution in [1.29, 1.82) is 0 Å². The van der Waals surface area contributed by atoms with Gasteiger partial charge in [0.15, 0.2) is 0 Å². The maximum absolute atomic E-state index is 12.6. The molecule has 0 spiro atoms. The fourth-order valence-corrected chi connectivity index (χ4v) is 2.63. The van der Waals surface area contributed by atoms with E-state index >= 15 is 0 Å². The number of anilines is 1. The van der Waals surface area contributed by atoms with Crippen molar-refractivity contribution in [3.8, 4) is 0 Å². The Bertz CT molecular complexity index is 902. The number of likely N-dealkylation sites (N-methyl/N-ethyl adjacent to an activating group) is 1. The zero-order valence-electron chi connectivity index (χ0n) is 12.9. The highest BCUT2D eigenvalue weighted by atomic mass is 19.4. The number of hydrogen-bond donors (Lipinski definition) is 0. The van der Waals surface area contributed by atoms with E-state index in [1.165, 1.54) is 48.4 Å². The molecular formula is C17H11F3N2O3. The van der Waals surface area contributed by atoms with Gasteiger partial charge < -0.3 is 4.90 Å². The Labute approximate surface area is 140 Å². The van der Waals surface area contributed by atoms with Gasteiger partial charge in [-0.2, -0.15) is 13.2 Å². The van der Waals surface area contributed by atoms with Crippen molar-refractivity contribution >= 4 is 28.9 Å². The van der Waals surface area contributed by atoms with Crippen LogP contribution >= 0.6 is 0 Å². The van der Waals surface area contributed by atoms with E-state index in [0.717, 1.165) is 12.1 Å². The summed E-state index contributed by atoms with van der Waals surface area (Å²) in [5, 5.41) is 10.9. The first-order chi connectivity index (χ1) is 11.7. The number of halogens is 3. The molecule has 8 heteroatoms. The molecule has 1 heterocycles. The van der Waals surface area contributed by atoms with Crippen molar-refractivity contribution in [3.63, 3.8) is 0 Å². The molecule has 128 valence electrons. The number of carbonyl (C=O) groups excluding carboxylic acids is 1. The van der Waals surface area contributed by atoms with Crippen LogP contribution in [0.3, 0.4) is 0 Å². The number of nitro benzene ring substituents is 1. The van der Waals surface area contributed by atoms with E-state index < -0.39 is 16.7 Å². The molecule has 0 radical (unpaired) electrons. The predicted octanol–water partition coefficient (Wildman–Crippen LogP) is 4.13. The van der Waals surface area contributed by atoms with Crippen molar-refractivity contribution in [2.24, 2.45) is 0 Å². The molecule has 0 aliphatic carbocycles. The van der Waals surface area contributed by atoms with Gasteiger partial charge in [-0.05, 0) is 29.8 Å². The van der Waals surface area contributed by atoms with Crippen LogP contribution in [0.4, 0.5) is 24.5 Å². The number of rotatable bonds is 2. The van der Waals surface area contributed by atoms with Gasteiger partial charge in [-0.1, -0.05) is 12.1 Å². The Hall–Kier alpha value is -3.16. The van der Waals surface area contributed by atoms with Crippen LogP contribution in [0.25, 0.3) is 11.6 Å². The van der Waals surface area contributed by atoms with Crippen LogP contribution < -0.4 is 4.90 Å². The SMILES string of the molecule is CN1C(=O)C(=Cc2ccc(C(F)(F)F)cc2)c2cc([N+](=O)[O-])ccc21. The normalized spacial score (nSPS) is 15.6. The molecule has 0 saturated heterocycles. The van der Waals surface area contributed by atoms with Gasteiger partial charge in [0.1, 0.15) is 0 Å². The largest absolute Gasteiger partial charge is 0.416 e. The first kappa shape index (κ1) is 16.7. The van der Waals surface area contributed by atoms with E-state index in [4.69, 9.17) is 0 Å². The Morgan fingerprint density at radius 3 is 2.32 bits per heavy atom. The summed E-state index contributed by atoms with van der Waals surface area (Å²) in [4.78, 5) is 24.1. The Balaban J connectivity index is 2.06. The van der Waals surface area contributed by atoms with E-state index in [1.807, 2.05) is 0 Å². The molecule has 0 atom stereocenters. The highest BCUT2D eigenvalue weighted by Gasteiger charge is 2.32. The van der Waals surface area contributed by atoms with Crippen LogP contribution in [0.5, 0.6) is 0 Å². The van der Waals surface area contributed by atoms with Crippen LogP contribution in [0, 0.1) is 10.1 Å². The minimum Gasteiger partial charge on any atom is -0.311 e. The summed E-state index contributed by atoms with van der Waals surface area (Å²) in [5.74, 6) is -0.379. The number of non-ortho nitro benzene ring substituents is 1. The predicted molar refractivity (Wildman–Crippen MR) is 85.8 cm³/mol. The molecule has 3 rings (SSSR count). The number of nitrogens with zero attached hydrogens (tertiary/aromatic N) is 2. The smallest absolute Gasteiger partial charge is 0.311 e. The summed E-state index contributed by atoms with van der Waals surface area (Å²) in [6, 6.07) is 8.39. The first-order valence-electron chi connectivity index (χ1n) is 7.14. The molecule has 0 unspecified atom stereocenters. The molecule has 0 fully saturated rings. The molecule has 0 aromatic heterocycles. The van der Waals surface area contributed by atoms with Gasteiger partial charge in [-0.25, -0.2) is 0 Å². The lowest BCUT2D eigenvalue weighted by molar-refractivity contribution is -0.384. The molecule has 0 bridgehead atoms. The maximum atomic E-state index is 12.6. The van der Waals surface area contributed by atoms with Crippen LogP contribution in [0.1, 0.15) is 16.7 Å².